The zero-order valence-corrected chi connectivity index (χ0v) is 22.0. The Morgan fingerprint density at radius 2 is 1.86 bits per heavy atom. The number of carbonyl (C=O) groups excluding carboxylic acids is 3. The largest absolute Gasteiger partial charge is 0.465 e. The minimum absolute atomic E-state index is 0.112. The lowest BCUT2D eigenvalue weighted by Crippen LogP contribution is -2.57. The van der Waals surface area contributed by atoms with E-state index in [0.29, 0.717) is 39.1 Å². The predicted molar refractivity (Wildman–Crippen MR) is 135 cm³/mol. The van der Waals surface area contributed by atoms with Crippen molar-refractivity contribution in [3.05, 3.63) is 24.3 Å². The van der Waals surface area contributed by atoms with Crippen molar-refractivity contribution in [1.29, 1.82) is 0 Å². The van der Waals surface area contributed by atoms with Gasteiger partial charge in [0.15, 0.2) is 0 Å². The monoisotopic (exact) mass is 519 g/mol. The normalized spacial score (nSPS) is 37.6. The smallest absolute Gasteiger partial charge is 0.311 e. The van der Waals surface area contributed by atoms with E-state index in [-0.39, 0.29) is 31.0 Å². The van der Waals surface area contributed by atoms with Crippen molar-refractivity contribution in [3.8, 4) is 0 Å². The van der Waals surface area contributed by atoms with Crippen LogP contribution in [0.5, 0.6) is 0 Å². The van der Waals surface area contributed by atoms with Crippen molar-refractivity contribution in [2.45, 2.75) is 48.3 Å². The quantitative estimate of drug-likeness (QED) is 0.404. The molecule has 2 amide bonds. The third-order valence-corrected chi connectivity index (χ3v) is 10.2. The van der Waals surface area contributed by atoms with Crippen LogP contribution in [-0.4, -0.2) is 118 Å². The summed E-state index contributed by atoms with van der Waals surface area (Å²) in [5.41, 5.74) is 0. The van der Waals surface area contributed by atoms with Gasteiger partial charge in [0.25, 0.3) is 0 Å². The number of aliphatic hydroxyl groups is 1. The third kappa shape index (κ3) is 4.10. The predicted octanol–water partition coefficient (Wildman–Crippen LogP) is 0.679. The van der Waals surface area contributed by atoms with Gasteiger partial charge in [-0.05, 0) is 19.8 Å². The van der Waals surface area contributed by atoms with Gasteiger partial charge in [0, 0.05) is 37.5 Å². The number of esters is 1. The van der Waals surface area contributed by atoms with Crippen LogP contribution in [0.1, 0.15) is 26.7 Å². The van der Waals surface area contributed by atoms with Gasteiger partial charge in [0.2, 0.25) is 11.8 Å². The molecule has 36 heavy (non-hydrogen) atoms. The summed E-state index contributed by atoms with van der Waals surface area (Å²) in [6.45, 7) is 8.74. The molecule has 0 radical (unpaired) electrons. The number of amides is 2. The fourth-order valence-corrected chi connectivity index (χ4v) is 8.71. The highest BCUT2D eigenvalue weighted by atomic mass is 32.2. The van der Waals surface area contributed by atoms with Crippen LogP contribution < -0.4 is 0 Å². The number of rotatable bonds is 6. The molecule has 0 bridgehead atoms. The SMILES string of the molecule is CC[C@@H](CO)N1C(=O)[C@@H]2[C@H]3C(=O)OCCC=C[C@@]3(C)S[C@@]23C=CCN(CCN2CCOCC2)C(=O)C13. The van der Waals surface area contributed by atoms with Gasteiger partial charge >= 0.3 is 5.97 Å². The van der Waals surface area contributed by atoms with Crippen LogP contribution in [0.2, 0.25) is 0 Å². The van der Waals surface area contributed by atoms with E-state index in [1.807, 2.05) is 43.1 Å². The van der Waals surface area contributed by atoms with Gasteiger partial charge in [0.1, 0.15) is 6.04 Å². The molecule has 3 saturated heterocycles. The molecule has 0 aromatic heterocycles. The van der Waals surface area contributed by atoms with Crippen LogP contribution in [-0.2, 0) is 23.9 Å². The topological polar surface area (TPSA) is 99.6 Å². The number of ether oxygens (including phenoxy) is 2. The van der Waals surface area contributed by atoms with Crippen molar-refractivity contribution >= 4 is 29.5 Å². The van der Waals surface area contributed by atoms with E-state index >= 15 is 0 Å². The average Bonchev–Trinajstić information content (AvgIpc) is 3.19. The fourth-order valence-electron chi connectivity index (χ4n) is 6.57. The molecular weight excluding hydrogens is 482 g/mol. The zero-order valence-electron chi connectivity index (χ0n) is 21.1. The molecule has 1 unspecified atom stereocenters. The zero-order chi connectivity index (χ0) is 25.5. The van der Waals surface area contributed by atoms with Crippen molar-refractivity contribution in [3.63, 3.8) is 0 Å². The minimum atomic E-state index is -0.905. The number of morpholine rings is 1. The molecule has 0 aromatic rings. The summed E-state index contributed by atoms with van der Waals surface area (Å²) in [5.74, 6) is -2.16. The number of aliphatic hydroxyl groups excluding tert-OH is 1. The van der Waals surface area contributed by atoms with Gasteiger partial charge in [-0.1, -0.05) is 31.2 Å². The van der Waals surface area contributed by atoms with Crippen LogP contribution in [0, 0.1) is 11.8 Å². The van der Waals surface area contributed by atoms with E-state index in [1.54, 1.807) is 16.7 Å². The number of carbonyl (C=O) groups is 3. The van der Waals surface area contributed by atoms with Crippen molar-refractivity contribution < 1.29 is 29.0 Å². The lowest BCUT2D eigenvalue weighted by atomic mass is 9.74. The molecular formula is C26H37N3O6S. The Morgan fingerprint density at radius 1 is 1.08 bits per heavy atom. The van der Waals surface area contributed by atoms with Gasteiger partial charge in [-0.3, -0.25) is 19.3 Å². The molecule has 9 nitrogen and oxygen atoms in total. The lowest BCUT2D eigenvalue weighted by molar-refractivity contribution is -0.154. The Morgan fingerprint density at radius 3 is 2.58 bits per heavy atom. The second kappa shape index (κ2) is 10.1. The molecule has 1 spiro atoms. The van der Waals surface area contributed by atoms with E-state index in [0.717, 1.165) is 19.6 Å². The number of nitrogens with zero attached hydrogens (tertiary/aromatic N) is 3. The molecule has 5 aliphatic heterocycles. The molecule has 0 saturated carbocycles. The van der Waals surface area contributed by atoms with Gasteiger partial charge < -0.3 is 24.4 Å². The number of fused-ring (bicyclic) bond motifs is 2. The molecule has 3 fully saturated rings. The van der Waals surface area contributed by atoms with Crippen molar-refractivity contribution in [2.24, 2.45) is 11.8 Å². The Balaban J connectivity index is 1.53. The number of cyclic esters (lactones) is 1. The maximum absolute atomic E-state index is 14.3. The summed E-state index contributed by atoms with van der Waals surface area (Å²) in [7, 11) is 0. The molecule has 10 heteroatoms. The molecule has 0 aliphatic carbocycles. The lowest BCUT2D eigenvalue weighted by Gasteiger charge is -2.40. The summed E-state index contributed by atoms with van der Waals surface area (Å²) in [5, 5.41) is 10.2. The second-order valence-electron chi connectivity index (χ2n) is 10.5. The molecule has 0 aromatic carbocycles. The Hall–Kier alpha value is -1.88. The second-order valence-corrected chi connectivity index (χ2v) is 12.3. The van der Waals surface area contributed by atoms with E-state index in [9.17, 15) is 19.5 Å². The number of hydrogen-bond acceptors (Lipinski definition) is 8. The highest BCUT2D eigenvalue weighted by Crippen LogP contribution is 2.65. The first-order valence-corrected chi connectivity index (χ1v) is 13.9. The third-order valence-electron chi connectivity index (χ3n) is 8.41. The van der Waals surface area contributed by atoms with Gasteiger partial charge in [-0.15, -0.1) is 11.8 Å². The summed E-state index contributed by atoms with van der Waals surface area (Å²) < 4.78 is 9.44. The highest BCUT2D eigenvalue weighted by Gasteiger charge is 2.74. The van der Waals surface area contributed by atoms with Gasteiger partial charge in [-0.2, -0.15) is 0 Å². The fraction of sp³-hybridized carbons (Fsp3) is 0.731. The van der Waals surface area contributed by atoms with Crippen molar-refractivity contribution in [1.82, 2.24) is 14.7 Å². The van der Waals surface area contributed by atoms with E-state index in [4.69, 9.17) is 9.47 Å². The summed E-state index contributed by atoms with van der Waals surface area (Å²) >= 11 is 1.54. The summed E-state index contributed by atoms with van der Waals surface area (Å²) in [6, 6.07) is -1.28. The first-order valence-electron chi connectivity index (χ1n) is 13.1. The molecule has 198 valence electrons. The Kier molecular flexibility index (Phi) is 7.24. The van der Waals surface area contributed by atoms with Gasteiger partial charge in [0.05, 0.1) is 49.1 Å². The molecule has 1 N–H and O–H groups in total. The number of hydrogen-bond donors (Lipinski definition) is 1. The molecule has 5 rings (SSSR count). The van der Waals surface area contributed by atoms with E-state index in [2.05, 4.69) is 4.90 Å². The maximum Gasteiger partial charge on any atom is 0.311 e. The highest BCUT2D eigenvalue weighted by molar-refractivity contribution is 8.02. The van der Waals surface area contributed by atoms with Gasteiger partial charge in [-0.25, -0.2) is 0 Å². The molecule has 5 heterocycles. The maximum atomic E-state index is 14.3. The summed E-state index contributed by atoms with van der Waals surface area (Å²) in [4.78, 5) is 47.5. The molecule has 6 atom stereocenters. The first-order chi connectivity index (χ1) is 17.4. The standard InChI is InChI=1S/C26H37N3O6S/c1-3-18(17-30)29-21-23(32)28(11-10-27-12-15-34-16-13-27)9-6-8-26(21)19(22(29)31)20-24(33)35-14-5-4-7-25(20,2)36-26/h4,6-8,18-21,30H,3,5,9-17H2,1-2H3/t18-,19-,20-,21?,25+,26-/m0/s1. The number of thioether (sulfide) groups is 1. The van der Waals surface area contributed by atoms with Crippen LogP contribution >= 0.6 is 11.8 Å². The molecule has 5 aliphatic rings. The van der Waals surface area contributed by atoms with Crippen LogP contribution in [0.3, 0.4) is 0 Å². The number of likely N-dealkylation sites (tertiary alicyclic amines) is 1. The van der Waals surface area contributed by atoms with Crippen molar-refractivity contribution in [2.75, 3.05) is 59.2 Å². The minimum Gasteiger partial charge on any atom is -0.465 e. The van der Waals surface area contributed by atoms with Crippen LogP contribution in [0.4, 0.5) is 0 Å². The van der Waals surface area contributed by atoms with Crippen LogP contribution in [0.25, 0.3) is 0 Å². The Bertz CT molecular complexity index is 948. The Labute approximate surface area is 216 Å². The van der Waals surface area contributed by atoms with E-state index < -0.39 is 33.4 Å². The van der Waals surface area contributed by atoms with Crippen LogP contribution in [0.15, 0.2) is 24.3 Å². The average molecular weight is 520 g/mol. The first kappa shape index (κ1) is 25.8. The summed E-state index contributed by atoms with van der Waals surface area (Å²) in [6.07, 6.45) is 9.20. The van der Waals surface area contributed by atoms with E-state index in [1.165, 1.54) is 0 Å².